The molecule has 0 aliphatic carbocycles. The van der Waals surface area contributed by atoms with E-state index in [1.54, 1.807) is 11.3 Å². The Bertz CT molecular complexity index is 551. The van der Waals surface area contributed by atoms with E-state index in [0.717, 1.165) is 15.6 Å². The Morgan fingerprint density at radius 2 is 2.17 bits per heavy atom. The Morgan fingerprint density at radius 1 is 1.39 bits per heavy atom. The molecule has 1 heterocycles. The van der Waals surface area contributed by atoms with E-state index in [1.165, 1.54) is 0 Å². The van der Waals surface area contributed by atoms with Crippen molar-refractivity contribution in [3.63, 3.8) is 0 Å². The van der Waals surface area contributed by atoms with Crippen LogP contribution in [0.4, 0.5) is 0 Å². The summed E-state index contributed by atoms with van der Waals surface area (Å²) < 4.78 is 0.957. The quantitative estimate of drug-likeness (QED) is 0.895. The SMILES string of the molecule is Cc1c(Br)cccc1C(=O)NC(C)c1ccsc1. The number of benzene rings is 1. The molecule has 2 aromatic rings. The summed E-state index contributed by atoms with van der Waals surface area (Å²) in [7, 11) is 0. The summed E-state index contributed by atoms with van der Waals surface area (Å²) in [6.45, 7) is 3.93. The van der Waals surface area contributed by atoms with Gasteiger partial charge in [-0.2, -0.15) is 11.3 Å². The number of rotatable bonds is 3. The predicted octanol–water partition coefficient (Wildman–Crippen LogP) is 4.31. The van der Waals surface area contributed by atoms with Crippen molar-refractivity contribution in [1.29, 1.82) is 0 Å². The summed E-state index contributed by atoms with van der Waals surface area (Å²) in [5.74, 6) is -0.0347. The van der Waals surface area contributed by atoms with Gasteiger partial charge < -0.3 is 5.32 Å². The van der Waals surface area contributed by atoms with Gasteiger partial charge in [0.1, 0.15) is 0 Å². The number of carbonyl (C=O) groups is 1. The first-order valence-electron chi connectivity index (χ1n) is 5.67. The molecule has 2 nitrogen and oxygen atoms in total. The summed E-state index contributed by atoms with van der Waals surface area (Å²) >= 11 is 5.08. The molecule has 1 N–H and O–H groups in total. The third-order valence-corrected chi connectivity index (χ3v) is 4.46. The molecule has 1 amide bonds. The highest BCUT2D eigenvalue weighted by molar-refractivity contribution is 9.10. The number of hydrogen-bond acceptors (Lipinski definition) is 2. The van der Waals surface area contributed by atoms with E-state index in [9.17, 15) is 4.79 Å². The zero-order chi connectivity index (χ0) is 13.1. The zero-order valence-corrected chi connectivity index (χ0v) is 12.6. The summed E-state index contributed by atoms with van der Waals surface area (Å²) in [6.07, 6.45) is 0. The number of carbonyl (C=O) groups excluding carboxylic acids is 1. The van der Waals surface area contributed by atoms with Crippen LogP contribution in [0.25, 0.3) is 0 Å². The molecule has 0 saturated heterocycles. The van der Waals surface area contributed by atoms with Gasteiger partial charge in [-0.05, 0) is 53.9 Å². The maximum atomic E-state index is 12.2. The van der Waals surface area contributed by atoms with E-state index < -0.39 is 0 Å². The molecule has 0 saturated carbocycles. The van der Waals surface area contributed by atoms with Gasteiger partial charge in [0.05, 0.1) is 6.04 Å². The van der Waals surface area contributed by atoms with E-state index in [1.807, 2.05) is 43.5 Å². The van der Waals surface area contributed by atoms with E-state index in [-0.39, 0.29) is 11.9 Å². The van der Waals surface area contributed by atoms with Crippen LogP contribution in [-0.2, 0) is 0 Å². The van der Waals surface area contributed by atoms with Crippen molar-refractivity contribution in [2.24, 2.45) is 0 Å². The first-order valence-corrected chi connectivity index (χ1v) is 7.41. The third-order valence-electron chi connectivity index (χ3n) is 2.90. The molecule has 0 fully saturated rings. The van der Waals surface area contributed by atoms with Crippen LogP contribution in [0.15, 0.2) is 39.5 Å². The highest BCUT2D eigenvalue weighted by Crippen LogP contribution is 2.21. The minimum atomic E-state index is -0.0347. The molecule has 4 heteroatoms. The van der Waals surface area contributed by atoms with Crippen LogP contribution in [0.3, 0.4) is 0 Å². The fourth-order valence-corrected chi connectivity index (χ4v) is 2.85. The molecule has 1 aromatic heterocycles. The zero-order valence-electron chi connectivity index (χ0n) is 10.2. The topological polar surface area (TPSA) is 29.1 Å². The van der Waals surface area contributed by atoms with Crippen LogP contribution in [0, 0.1) is 6.92 Å². The van der Waals surface area contributed by atoms with Crippen LogP contribution in [0.5, 0.6) is 0 Å². The molecule has 0 aliphatic heterocycles. The molecule has 0 aliphatic rings. The average molecular weight is 324 g/mol. The van der Waals surface area contributed by atoms with Crippen molar-refractivity contribution in [3.8, 4) is 0 Å². The largest absolute Gasteiger partial charge is 0.345 e. The van der Waals surface area contributed by atoms with Gasteiger partial charge in [-0.15, -0.1) is 0 Å². The highest BCUT2D eigenvalue weighted by atomic mass is 79.9. The Hall–Kier alpha value is -1.13. The van der Waals surface area contributed by atoms with Crippen LogP contribution in [0.2, 0.25) is 0 Å². The summed E-state index contributed by atoms with van der Waals surface area (Å²) in [5, 5.41) is 7.08. The lowest BCUT2D eigenvalue weighted by molar-refractivity contribution is 0.0939. The van der Waals surface area contributed by atoms with Crippen molar-refractivity contribution in [2.75, 3.05) is 0 Å². The lowest BCUT2D eigenvalue weighted by atomic mass is 10.1. The van der Waals surface area contributed by atoms with E-state index in [2.05, 4.69) is 26.6 Å². The number of thiophene rings is 1. The first-order chi connectivity index (χ1) is 8.59. The van der Waals surface area contributed by atoms with E-state index in [0.29, 0.717) is 5.56 Å². The summed E-state index contributed by atoms with van der Waals surface area (Å²) in [5.41, 5.74) is 2.82. The number of halogens is 1. The second-order valence-electron chi connectivity index (χ2n) is 4.16. The molecular weight excluding hydrogens is 310 g/mol. The Kier molecular flexibility index (Phi) is 4.19. The number of amides is 1. The molecule has 2 rings (SSSR count). The van der Waals surface area contributed by atoms with Gasteiger partial charge in [-0.3, -0.25) is 4.79 Å². The average Bonchev–Trinajstić information content (AvgIpc) is 2.86. The van der Waals surface area contributed by atoms with E-state index >= 15 is 0 Å². The smallest absolute Gasteiger partial charge is 0.252 e. The molecule has 1 unspecified atom stereocenters. The maximum absolute atomic E-state index is 12.2. The fraction of sp³-hybridized carbons (Fsp3) is 0.214. The molecule has 1 atom stereocenters. The van der Waals surface area contributed by atoms with Gasteiger partial charge in [0.25, 0.3) is 5.91 Å². The normalized spacial score (nSPS) is 12.2. The van der Waals surface area contributed by atoms with E-state index in [4.69, 9.17) is 0 Å². The molecule has 94 valence electrons. The van der Waals surface area contributed by atoms with Crippen LogP contribution in [-0.4, -0.2) is 5.91 Å². The maximum Gasteiger partial charge on any atom is 0.252 e. The second kappa shape index (κ2) is 5.67. The molecule has 18 heavy (non-hydrogen) atoms. The number of nitrogens with one attached hydrogen (secondary N) is 1. The Balaban J connectivity index is 2.15. The molecular formula is C14H14BrNOS. The van der Waals surface area contributed by atoms with Gasteiger partial charge in [-0.1, -0.05) is 22.0 Å². The predicted molar refractivity (Wildman–Crippen MR) is 79.1 cm³/mol. The van der Waals surface area contributed by atoms with Crippen LogP contribution in [0.1, 0.15) is 34.5 Å². The molecule has 0 bridgehead atoms. The fourth-order valence-electron chi connectivity index (χ4n) is 1.73. The number of hydrogen-bond donors (Lipinski definition) is 1. The Labute approximate surface area is 119 Å². The lowest BCUT2D eigenvalue weighted by Crippen LogP contribution is -2.27. The first kappa shape index (κ1) is 13.3. The molecule has 0 radical (unpaired) electrons. The highest BCUT2D eigenvalue weighted by Gasteiger charge is 2.14. The monoisotopic (exact) mass is 323 g/mol. The van der Waals surface area contributed by atoms with Crippen molar-refractivity contribution in [2.45, 2.75) is 19.9 Å². The van der Waals surface area contributed by atoms with Crippen molar-refractivity contribution < 1.29 is 4.79 Å². The van der Waals surface area contributed by atoms with Crippen molar-refractivity contribution in [3.05, 3.63) is 56.2 Å². The van der Waals surface area contributed by atoms with Crippen molar-refractivity contribution >= 4 is 33.2 Å². The van der Waals surface area contributed by atoms with Crippen molar-refractivity contribution in [1.82, 2.24) is 5.32 Å². The molecule has 0 spiro atoms. The minimum Gasteiger partial charge on any atom is -0.345 e. The Morgan fingerprint density at radius 3 is 2.83 bits per heavy atom. The molecule has 1 aromatic carbocycles. The summed E-state index contributed by atoms with van der Waals surface area (Å²) in [4.78, 5) is 12.2. The van der Waals surface area contributed by atoms with Gasteiger partial charge in [-0.25, -0.2) is 0 Å². The second-order valence-corrected chi connectivity index (χ2v) is 5.80. The summed E-state index contributed by atoms with van der Waals surface area (Å²) in [6, 6.07) is 7.72. The van der Waals surface area contributed by atoms with Gasteiger partial charge in [0, 0.05) is 10.0 Å². The van der Waals surface area contributed by atoms with Gasteiger partial charge >= 0.3 is 0 Å². The standard InChI is InChI=1S/C14H14BrNOS/c1-9-12(4-3-5-13(9)15)14(17)16-10(2)11-6-7-18-8-11/h3-8,10H,1-2H3,(H,16,17). The van der Waals surface area contributed by atoms with Crippen LogP contribution < -0.4 is 5.32 Å². The van der Waals surface area contributed by atoms with Gasteiger partial charge in [0.2, 0.25) is 0 Å². The van der Waals surface area contributed by atoms with Gasteiger partial charge in [0.15, 0.2) is 0 Å². The lowest BCUT2D eigenvalue weighted by Gasteiger charge is -2.14. The van der Waals surface area contributed by atoms with Crippen LogP contribution >= 0.6 is 27.3 Å². The third kappa shape index (κ3) is 2.82. The minimum absolute atomic E-state index is 0.0298.